The van der Waals surface area contributed by atoms with Crippen LogP contribution >= 0.6 is 23.2 Å². The van der Waals surface area contributed by atoms with Crippen LogP contribution in [0.4, 0.5) is 0 Å². The van der Waals surface area contributed by atoms with Crippen LogP contribution in [-0.4, -0.2) is 11.1 Å². The van der Waals surface area contributed by atoms with Gasteiger partial charge in [0, 0.05) is 12.6 Å². The largest absolute Gasteiger partial charge is 0.489 e. The molecule has 2 aromatic carbocycles. The molecule has 1 radical (unpaired) electrons. The van der Waals surface area contributed by atoms with Crippen LogP contribution in [0, 0.1) is 13.8 Å². The van der Waals surface area contributed by atoms with E-state index in [0.717, 1.165) is 17.3 Å². The van der Waals surface area contributed by atoms with Crippen molar-refractivity contribution in [2.24, 2.45) is 0 Å². The van der Waals surface area contributed by atoms with Gasteiger partial charge in [-0.2, -0.15) is 0 Å². The van der Waals surface area contributed by atoms with Crippen molar-refractivity contribution < 1.29 is 4.74 Å². The van der Waals surface area contributed by atoms with Gasteiger partial charge in [0.1, 0.15) is 11.9 Å². The van der Waals surface area contributed by atoms with E-state index in [4.69, 9.17) is 27.9 Å². The van der Waals surface area contributed by atoms with Gasteiger partial charge in [0.05, 0.1) is 20.9 Å². The first-order valence-corrected chi connectivity index (χ1v) is 7.80. The quantitative estimate of drug-likeness (QED) is 0.660. The molecule has 4 heteroatoms. The summed E-state index contributed by atoms with van der Waals surface area (Å²) in [7, 11) is 0. The van der Waals surface area contributed by atoms with Crippen LogP contribution in [0.2, 0.25) is 10.0 Å². The van der Waals surface area contributed by atoms with Crippen LogP contribution in [0.3, 0.4) is 0 Å². The Bertz CT molecular complexity index is 793. The summed E-state index contributed by atoms with van der Waals surface area (Å²) < 4.78 is 5.98. The zero-order valence-electron chi connectivity index (χ0n) is 12.2. The first-order valence-electron chi connectivity index (χ1n) is 7.05. The van der Waals surface area contributed by atoms with Crippen molar-refractivity contribution in [3.05, 3.63) is 70.7 Å². The zero-order valence-corrected chi connectivity index (χ0v) is 13.7. The maximum atomic E-state index is 6.22. The van der Waals surface area contributed by atoms with Gasteiger partial charge in [0.2, 0.25) is 0 Å². The fourth-order valence-electron chi connectivity index (χ4n) is 2.45. The molecule has 1 aromatic heterocycles. The predicted octanol–water partition coefficient (Wildman–Crippen LogP) is 5.61. The summed E-state index contributed by atoms with van der Waals surface area (Å²) in [6.45, 7) is 6.16. The van der Waals surface area contributed by atoms with E-state index in [9.17, 15) is 0 Å². The van der Waals surface area contributed by atoms with E-state index in [2.05, 4.69) is 43.1 Å². The maximum Gasteiger partial charge on any atom is 0.130 e. The fourth-order valence-corrected chi connectivity index (χ4v) is 2.90. The minimum absolute atomic E-state index is 0.210. The third-order valence-corrected chi connectivity index (χ3v) is 4.19. The number of nitrogens with one attached hydrogen (secondary N) is 1. The van der Waals surface area contributed by atoms with E-state index in [1.54, 1.807) is 12.3 Å². The van der Waals surface area contributed by atoms with E-state index in [-0.39, 0.29) is 6.10 Å². The van der Waals surface area contributed by atoms with Crippen molar-refractivity contribution >= 4 is 34.1 Å². The van der Waals surface area contributed by atoms with E-state index < -0.39 is 0 Å². The first kappa shape index (κ1) is 15.3. The van der Waals surface area contributed by atoms with Gasteiger partial charge in [-0.3, -0.25) is 0 Å². The lowest BCUT2D eigenvalue weighted by molar-refractivity contribution is 0.250. The van der Waals surface area contributed by atoms with Crippen molar-refractivity contribution in [1.82, 2.24) is 4.98 Å². The summed E-state index contributed by atoms with van der Waals surface area (Å²) in [5.41, 5.74) is 3.21. The Balaban J connectivity index is 1.82. The molecular formula is C18H16Cl2NO. The molecule has 3 aromatic rings. The number of rotatable bonds is 4. The number of aryl methyl sites for hydroxylation is 1. The number of aromatic amines is 1. The first-order chi connectivity index (χ1) is 10.5. The maximum absolute atomic E-state index is 6.22. The molecule has 0 aliphatic rings. The van der Waals surface area contributed by atoms with Crippen LogP contribution < -0.4 is 4.74 Å². The smallest absolute Gasteiger partial charge is 0.130 e. The Morgan fingerprint density at radius 2 is 1.82 bits per heavy atom. The van der Waals surface area contributed by atoms with Crippen LogP contribution in [-0.2, 0) is 6.42 Å². The highest BCUT2D eigenvalue weighted by Gasteiger charge is 2.14. The molecule has 0 bridgehead atoms. The van der Waals surface area contributed by atoms with Crippen LogP contribution in [0.5, 0.6) is 5.75 Å². The van der Waals surface area contributed by atoms with Crippen molar-refractivity contribution in [2.45, 2.75) is 19.4 Å². The lowest BCUT2D eigenvalue weighted by atomic mass is 10.1. The van der Waals surface area contributed by atoms with Crippen LogP contribution in [0.25, 0.3) is 10.9 Å². The van der Waals surface area contributed by atoms with E-state index >= 15 is 0 Å². The summed E-state index contributed by atoms with van der Waals surface area (Å²) in [6.07, 6.45) is 2.23. The Morgan fingerprint density at radius 1 is 1.09 bits per heavy atom. The number of ether oxygens (including phenoxy) is 1. The lowest BCUT2D eigenvalue weighted by Gasteiger charge is -2.16. The molecule has 0 saturated carbocycles. The molecule has 3 rings (SSSR count). The van der Waals surface area contributed by atoms with Crippen molar-refractivity contribution in [1.29, 1.82) is 0 Å². The summed E-state index contributed by atoms with van der Waals surface area (Å²) in [6, 6.07) is 12.0. The molecule has 0 aliphatic heterocycles. The monoisotopic (exact) mass is 332 g/mol. The van der Waals surface area contributed by atoms with E-state index in [1.807, 2.05) is 6.07 Å². The normalized spacial score (nSPS) is 12.5. The van der Waals surface area contributed by atoms with Crippen molar-refractivity contribution in [3.8, 4) is 5.75 Å². The third kappa shape index (κ3) is 3.08. The number of hydrogen-bond acceptors (Lipinski definition) is 1. The minimum Gasteiger partial charge on any atom is -0.489 e. The number of benzene rings is 2. The molecule has 0 aliphatic carbocycles. The van der Waals surface area contributed by atoms with Gasteiger partial charge < -0.3 is 9.72 Å². The van der Waals surface area contributed by atoms with Gasteiger partial charge in [0.25, 0.3) is 0 Å². The van der Waals surface area contributed by atoms with E-state index in [1.165, 1.54) is 11.1 Å². The Morgan fingerprint density at radius 3 is 2.55 bits per heavy atom. The summed E-state index contributed by atoms with van der Waals surface area (Å²) >= 11 is 12.4. The van der Waals surface area contributed by atoms with Gasteiger partial charge in [0.15, 0.2) is 0 Å². The summed E-state index contributed by atoms with van der Waals surface area (Å²) in [5, 5.41) is 2.01. The average molecular weight is 333 g/mol. The molecule has 22 heavy (non-hydrogen) atoms. The molecule has 1 N–H and O–H groups in total. The molecule has 2 nitrogen and oxygen atoms in total. The van der Waals surface area contributed by atoms with Crippen molar-refractivity contribution in [2.75, 3.05) is 0 Å². The number of hydrogen-bond donors (Lipinski definition) is 1. The number of fused-ring (bicyclic) bond motifs is 1. The molecule has 1 atom stereocenters. The second kappa shape index (κ2) is 6.23. The molecule has 1 heterocycles. The highest BCUT2D eigenvalue weighted by molar-refractivity contribution is 6.40. The number of aromatic nitrogens is 1. The second-order valence-electron chi connectivity index (χ2n) is 5.36. The molecule has 0 saturated heterocycles. The predicted molar refractivity (Wildman–Crippen MR) is 93.0 cm³/mol. The Hall–Kier alpha value is -1.64. The average Bonchev–Trinajstić information content (AvgIpc) is 2.88. The Labute approximate surface area is 140 Å². The molecule has 1 unspecified atom stereocenters. The van der Waals surface area contributed by atoms with Gasteiger partial charge in [-0.25, -0.2) is 0 Å². The molecular weight excluding hydrogens is 317 g/mol. The molecule has 0 fully saturated rings. The van der Waals surface area contributed by atoms with Gasteiger partial charge in [-0.05, 0) is 31.5 Å². The highest BCUT2D eigenvalue weighted by atomic mass is 35.5. The van der Waals surface area contributed by atoms with Gasteiger partial charge >= 0.3 is 0 Å². The van der Waals surface area contributed by atoms with Crippen molar-refractivity contribution in [3.63, 3.8) is 0 Å². The minimum atomic E-state index is -0.210. The molecule has 113 valence electrons. The third-order valence-electron chi connectivity index (χ3n) is 3.58. The van der Waals surface area contributed by atoms with Crippen LogP contribution in [0.15, 0.2) is 42.6 Å². The van der Waals surface area contributed by atoms with Crippen LogP contribution in [0.1, 0.15) is 11.1 Å². The molecule has 0 amide bonds. The summed E-state index contributed by atoms with van der Waals surface area (Å²) in [4.78, 5) is 3.06. The zero-order chi connectivity index (χ0) is 15.7. The highest BCUT2D eigenvalue weighted by Crippen LogP contribution is 2.36. The number of H-pyrrole nitrogens is 1. The standard InChI is InChI=1S/C18H16Cl2NO/c1-11-3-5-13(6-4-11)9-12(2)22-16-8-7-14(19)18-17(16)15(20)10-21-18/h3-8,10,12,21H,2,9H2,1H3. The summed E-state index contributed by atoms with van der Waals surface area (Å²) in [5.74, 6) is 0.692. The SMILES string of the molecule is [CH2]C(Cc1ccc(C)cc1)Oc1ccc(Cl)c2[nH]cc(Cl)c12. The molecule has 0 spiro atoms. The Kier molecular flexibility index (Phi) is 4.32. The fraction of sp³-hybridized carbons (Fsp3) is 0.167. The van der Waals surface area contributed by atoms with Gasteiger partial charge in [-0.1, -0.05) is 53.0 Å². The topological polar surface area (TPSA) is 25.0 Å². The number of halogens is 2. The second-order valence-corrected chi connectivity index (χ2v) is 6.18. The van der Waals surface area contributed by atoms with Gasteiger partial charge in [-0.15, -0.1) is 0 Å². The van der Waals surface area contributed by atoms with E-state index in [0.29, 0.717) is 15.8 Å². The lowest BCUT2D eigenvalue weighted by Crippen LogP contribution is -2.15.